The van der Waals surface area contributed by atoms with Crippen LogP contribution in [0.2, 0.25) is 0 Å². The van der Waals surface area contributed by atoms with Crippen LogP contribution in [-0.4, -0.2) is 26.8 Å². The van der Waals surface area contributed by atoms with Crippen LogP contribution in [0.1, 0.15) is 32.3 Å². The summed E-state index contributed by atoms with van der Waals surface area (Å²) in [7, 11) is 1.67. The molecule has 0 radical (unpaired) electrons. The smallest absolute Gasteiger partial charge is 0.126 e. The molecule has 0 heterocycles. The van der Waals surface area contributed by atoms with E-state index in [2.05, 4.69) is 19.2 Å². The van der Waals surface area contributed by atoms with Crippen molar-refractivity contribution in [1.29, 1.82) is 0 Å². The minimum absolute atomic E-state index is 0.0218. The van der Waals surface area contributed by atoms with Gasteiger partial charge in [-0.3, -0.25) is 0 Å². The number of rotatable bonds is 9. The molecule has 0 amide bonds. The van der Waals surface area contributed by atoms with Crippen LogP contribution in [0.3, 0.4) is 0 Å². The van der Waals surface area contributed by atoms with Crippen LogP contribution in [0.15, 0.2) is 18.2 Å². The number of nitrogens with one attached hydrogen (secondary N) is 1. The summed E-state index contributed by atoms with van der Waals surface area (Å²) in [6.45, 7) is 6.52. The van der Waals surface area contributed by atoms with Gasteiger partial charge in [-0.15, -0.1) is 0 Å². The summed E-state index contributed by atoms with van der Waals surface area (Å²) in [6.07, 6.45) is 2.60. The lowest BCUT2D eigenvalue weighted by molar-refractivity contribution is 0.185. The topological polar surface area (TPSA) is 21.3 Å². The predicted molar refractivity (Wildman–Crippen MR) is 77.8 cm³/mol. The third-order valence-corrected chi connectivity index (χ3v) is 3.98. The first-order chi connectivity index (χ1) is 9.55. The summed E-state index contributed by atoms with van der Waals surface area (Å²) in [6, 6.07) is 3.77. The van der Waals surface area contributed by atoms with E-state index in [9.17, 15) is 8.78 Å². The summed E-state index contributed by atoms with van der Waals surface area (Å²) >= 11 is 0. The van der Waals surface area contributed by atoms with Gasteiger partial charge in [-0.1, -0.05) is 13.8 Å². The summed E-state index contributed by atoms with van der Waals surface area (Å²) < 4.78 is 31.6. The molecule has 114 valence electrons. The Hall–Kier alpha value is -1.00. The van der Waals surface area contributed by atoms with E-state index in [1.165, 1.54) is 12.1 Å². The van der Waals surface area contributed by atoms with Crippen molar-refractivity contribution in [2.24, 2.45) is 5.41 Å². The molecule has 0 unspecified atom stereocenters. The Kier molecular flexibility index (Phi) is 7.10. The molecule has 0 fully saturated rings. The van der Waals surface area contributed by atoms with Gasteiger partial charge in [0.2, 0.25) is 0 Å². The number of hydrogen-bond acceptors (Lipinski definition) is 2. The second-order valence-corrected chi connectivity index (χ2v) is 5.33. The fourth-order valence-electron chi connectivity index (χ4n) is 2.49. The monoisotopic (exact) mass is 285 g/mol. The standard InChI is InChI=1S/C16H25F2NO/c1-4-16(5-2,12-19-6-7-20-3)11-13-8-14(17)10-15(18)9-13/h8-10,19H,4-7,11-12H2,1-3H3. The molecule has 0 aliphatic heterocycles. The molecule has 0 aliphatic carbocycles. The lowest BCUT2D eigenvalue weighted by atomic mass is 9.77. The van der Waals surface area contributed by atoms with Gasteiger partial charge in [0.1, 0.15) is 11.6 Å². The highest BCUT2D eigenvalue weighted by Crippen LogP contribution is 2.30. The van der Waals surface area contributed by atoms with Crippen LogP contribution in [0.25, 0.3) is 0 Å². The van der Waals surface area contributed by atoms with Crippen LogP contribution in [0.5, 0.6) is 0 Å². The highest BCUT2D eigenvalue weighted by Gasteiger charge is 2.26. The Morgan fingerprint density at radius 1 is 1.10 bits per heavy atom. The van der Waals surface area contributed by atoms with Crippen molar-refractivity contribution < 1.29 is 13.5 Å². The molecule has 4 heteroatoms. The average Bonchev–Trinajstić information content (AvgIpc) is 2.41. The van der Waals surface area contributed by atoms with Gasteiger partial charge < -0.3 is 10.1 Å². The summed E-state index contributed by atoms with van der Waals surface area (Å²) in [5.74, 6) is -1.01. The Morgan fingerprint density at radius 2 is 1.70 bits per heavy atom. The summed E-state index contributed by atoms with van der Waals surface area (Å²) in [4.78, 5) is 0. The first-order valence-corrected chi connectivity index (χ1v) is 7.20. The molecule has 2 nitrogen and oxygen atoms in total. The van der Waals surface area contributed by atoms with Crippen molar-refractivity contribution in [3.63, 3.8) is 0 Å². The first-order valence-electron chi connectivity index (χ1n) is 7.20. The number of hydrogen-bond donors (Lipinski definition) is 1. The fourth-order valence-corrected chi connectivity index (χ4v) is 2.49. The van der Waals surface area contributed by atoms with Crippen LogP contribution in [0.4, 0.5) is 8.78 Å². The van der Waals surface area contributed by atoms with Crippen molar-refractivity contribution in [1.82, 2.24) is 5.32 Å². The molecule has 0 bridgehead atoms. The van der Waals surface area contributed by atoms with Crippen LogP contribution in [-0.2, 0) is 11.2 Å². The minimum Gasteiger partial charge on any atom is -0.383 e. The molecule has 0 aliphatic rings. The van der Waals surface area contributed by atoms with Gasteiger partial charge in [-0.2, -0.15) is 0 Å². The molecule has 1 aromatic rings. The van der Waals surface area contributed by atoms with E-state index in [0.717, 1.165) is 37.6 Å². The van der Waals surface area contributed by atoms with Gasteiger partial charge in [0.05, 0.1) is 6.61 Å². The Labute approximate surface area is 120 Å². The van der Waals surface area contributed by atoms with E-state index >= 15 is 0 Å². The number of halogens is 2. The predicted octanol–water partition coefficient (Wildman–Crippen LogP) is 3.55. The molecule has 0 saturated carbocycles. The second kappa shape index (κ2) is 8.32. The molecular weight excluding hydrogens is 260 g/mol. The van der Waals surface area contributed by atoms with E-state index in [1.54, 1.807) is 7.11 Å². The fraction of sp³-hybridized carbons (Fsp3) is 0.625. The SMILES string of the molecule is CCC(CC)(CNCCOC)Cc1cc(F)cc(F)c1. The molecule has 1 N–H and O–H groups in total. The van der Waals surface area contributed by atoms with Crippen molar-refractivity contribution >= 4 is 0 Å². The van der Waals surface area contributed by atoms with E-state index in [-0.39, 0.29) is 5.41 Å². The van der Waals surface area contributed by atoms with Crippen LogP contribution in [0, 0.1) is 17.0 Å². The zero-order chi connectivity index (χ0) is 15.0. The maximum absolute atomic E-state index is 13.3. The normalized spacial score (nSPS) is 11.8. The van der Waals surface area contributed by atoms with Crippen molar-refractivity contribution in [2.75, 3.05) is 26.8 Å². The van der Waals surface area contributed by atoms with Crippen LogP contribution >= 0.6 is 0 Å². The molecule has 0 atom stereocenters. The maximum Gasteiger partial charge on any atom is 0.126 e. The third-order valence-electron chi connectivity index (χ3n) is 3.98. The lowest BCUT2D eigenvalue weighted by Crippen LogP contribution is -2.36. The van der Waals surface area contributed by atoms with Crippen molar-refractivity contribution in [3.8, 4) is 0 Å². The zero-order valence-corrected chi connectivity index (χ0v) is 12.6. The van der Waals surface area contributed by atoms with Crippen molar-refractivity contribution in [2.45, 2.75) is 33.1 Å². The highest BCUT2D eigenvalue weighted by atomic mass is 19.1. The van der Waals surface area contributed by atoms with E-state index < -0.39 is 11.6 Å². The summed E-state index contributed by atoms with van der Waals surface area (Å²) in [5.41, 5.74) is 0.744. The number of ether oxygens (including phenoxy) is 1. The summed E-state index contributed by atoms with van der Waals surface area (Å²) in [5, 5.41) is 3.37. The van der Waals surface area contributed by atoms with Crippen LogP contribution < -0.4 is 5.32 Å². The van der Waals surface area contributed by atoms with E-state index in [4.69, 9.17) is 4.74 Å². The van der Waals surface area contributed by atoms with Gasteiger partial charge in [-0.05, 0) is 42.4 Å². The minimum atomic E-state index is -0.506. The Bertz CT molecular complexity index is 385. The average molecular weight is 285 g/mol. The molecule has 0 aromatic heterocycles. The zero-order valence-electron chi connectivity index (χ0n) is 12.6. The Balaban J connectivity index is 2.73. The van der Waals surface area contributed by atoms with E-state index in [1.807, 2.05) is 0 Å². The van der Waals surface area contributed by atoms with Gasteiger partial charge in [-0.25, -0.2) is 8.78 Å². The Morgan fingerprint density at radius 3 is 2.20 bits per heavy atom. The van der Waals surface area contributed by atoms with Gasteiger partial charge >= 0.3 is 0 Å². The number of methoxy groups -OCH3 is 1. The molecular formula is C16H25F2NO. The molecule has 0 saturated heterocycles. The molecule has 20 heavy (non-hydrogen) atoms. The first kappa shape index (κ1) is 17.1. The molecule has 0 spiro atoms. The molecule has 1 rings (SSSR count). The largest absolute Gasteiger partial charge is 0.383 e. The third kappa shape index (κ3) is 5.17. The van der Waals surface area contributed by atoms with E-state index in [0.29, 0.717) is 13.0 Å². The quantitative estimate of drug-likeness (QED) is 0.701. The van der Waals surface area contributed by atoms with Crippen molar-refractivity contribution in [3.05, 3.63) is 35.4 Å². The van der Waals surface area contributed by atoms with Gasteiger partial charge in [0.25, 0.3) is 0 Å². The number of benzene rings is 1. The maximum atomic E-state index is 13.3. The van der Waals surface area contributed by atoms with Gasteiger partial charge in [0, 0.05) is 26.3 Å². The molecule has 1 aromatic carbocycles. The second-order valence-electron chi connectivity index (χ2n) is 5.33. The lowest BCUT2D eigenvalue weighted by Gasteiger charge is -2.32. The highest BCUT2D eigenvalue weighted by molar-refractivity contribution is 5.19. The van der Waals surface area contributed by atoms with Gasteiger partial charge in [0.15, 0.2) is 0 Å².